The second-order valence-corrected chi connectivity index (χ2v) is 6.52. The van der Waals surface area contributed by atoms with Crippen LogP contribution in [0.3, 0.4) is 0 Å². The molecule has 24 heavy (non-hydrogen) atoms. The Morgan fingerprint density at radius 1 is 1.25 bits per heavy atom. The zero-order valence-electron chi connectivity index (χ0n) is 15.8. The molecule has 0 aliphatic carbocycles. The van der Waals surface area contributed by atoms with Crippen LogP contribution in [0.1, 0.15) is 58.8 Å². The number of rotatable bonds is 11. The zero-order valence-corrected chi connectivity index (χ0v) is 18.1. The molecule has 0 amide bonds. The minimum absolute atomic E-state index is 0. The van der Waals surface area contributed by atoms with Crippen LogP contribution in [0, 0.1) is 5.92 Å². The van der Waals surface area contributed by atoms with Crippen molar-refractivity contribution in [3.8, 4) is 0 Å². The van der Waals surface area contributed by atoms with Crippen LogP contribution < -0.4 is 10.6 Å². The molecule has 1 saturated heterocycles. The molecule has 1 aliphatic heterocycles. The minimum atomic E-state index is 0. The first-order valence-electron chi connectivity index (χ1n) is 9.39. The summed E-state index contributed by atoms with van der Waals surface area (Å²) >= 11 is 0. The minimum Gasteiger partial charge on any atom is -0.381 e. The molecule has 0 aromatic heterocycles. The van der Waals surface area contributed by atoms with Gasteiger partial charge in [-0.3, -0.25) is 4.99 Å². The number of nitrogens with one attached hydrogen (secondary N) is 2. The van der Waals surface area contributed by atoms with E-state index in [2.05, 4.69) is 29.5 Å². The number of aliphatic imine (C=N–C) groups is 1. The lowest BCUT2D eigenvalue weighted by Gasteiger charge is -2.21. The normalized spacial score (nSPS) is 17.2. The fourth-order valence-corrected chi connectivity index (χ4v) is 2.74. The van der Waals surface area contributed by atoms with Crippen molar-refractivity contribution in [3.05, 3.63) is 0 Å². The van der Waals surface area contributed by atoms with Gasteiger partial charge in [-0.1, -0.05) is 26.2 Å². The molecule has 1 aliphatic rings. The van der Waals surface area contributed by atoms with Gasteiger partial charge in [-0.25, -0.2) is 0 Å². The molecular formula is C18H38IN3O2. The van der Waals surface area contributed by atoms with Gasteiger partial charge in [-0.05, 0) is 38.5 Å². The molecule has 1 fully saturated rings. The number of hydrogen-bond donors (Lipinski definition) is 2. The SMILES string of the molecule is CCCCCC(C)NC(=NC)NCCCOCC1CCOCC1.I. The molecule has 144 valence electrons. The summed E-state index contributed by atoms with van der Waals surface area (Å²) in [5.41, 5.74) is 0. The number of nitrogens with zero attached hydrogens (tertiary/aromatic N) is 1. The summed E-state index contributed by atoms with van der Waals surface area (Å²) in [6.45, 7) is 8.84. The van der Waals surface area contributed by atoms with Crippen LogP contribution in [0.25, 0.3) is 0 Å². The van der Waals surface area contributed by atoms with E-state index >= 15 is 0 Å². The van der Waals surface area contributed by atoms with Gasteiger partial charge in [0.1, 0.15) is 0 Å². The van der Waals surface area contributed by atoms with E-state index in [0.29, 0.717) is 12.0 Å². The highest BCUT2D eigenvalue weighted by Gasteiger charge is 2.13. The van der Waals surface area contributed by atoms with Crippen molar-refractivity contribution in [3.63, 3.8) is 0 Å². The van der Waals surface area contributed by atoms with E-state index in [9.17, 15) is 0 Å². The summed E-state index contributed by atoms with van der Waals surface area (Å²) in [6.07, 6.45) is 8.35. The quantitative estimate of drug-likeness (QED) is 0.217. The zero-order chi connectivity index (χ0) is 16.8. The first-order valence-corrected chi connectivity index (χ1v) is 9.39. The van der Waals surface area contributed by atoms with Crippen LogP contribution in [0.2, 0.25) is 0 Å². The van der Waals surface area contributed by atoms with Crippen molar-refractivity contribution in [1.82, 2.24) is 10.6 Å². The maximum atomic E-state index is 5.78. The van der Waals surface area contributed by atoms with Crippen LogP contribution in [-0.2, 0) is 9.47 Å². The lowest BCUT2D eigenvalue weighted by atomic mass is 10.0. The van der Waals surface area contributed by atoms with Crippen molar-refractivity contribution in [2.24, 2.45) is 10.9 Å². The Labute approximate surface area is 165 Å². The number of ether oxygens (including phenoxy) is 2. The summed E-state index contributed by atoms with van der Waals surface area (Å²) in [7, 11) is 1.83. The van der Waals surface area contributed by atoms with E-state index in [4.69, 9.17) is 9.47 Å². The lowest BCUT2D eigenvalue weighted by Crippen LogP contribution is -2.42. The average molecular weight is 455 g/mol. The maximum absolute atomic E-state index is 5.78. The predicted molar refractivity (Wildman–Crippen MR) is 112 cm³/mol. The molecule has 2 N–H and O–H groups in total. The molecule has 0 saturated carbocycles. The van der Waals surface area contributed by atoms with Gasteiger partial charge in [-0.15, -0.1) is 24.0 Å². The molecule has 1 unspecified atom stereocenters. The second-order valence-electron chi connectivity index (χ2n) is 6.52. The van der Waals surface area contributed by atoms with Gasteiger partial charge in [-0.2, -0.15) is 0 Å². The number of unbranched alkanes of at least 4 members (excludes halogenated alkanes) is 2. The Morgan fingerprint density at radius 2 is 2.00 bits per heavy atom. The molecule has 1 rings (SSSR count). The van der Waals surface area contributed by atoms with Crippen LogP contribution in [0.15, 0.2) is 4.99 Å². The Balaban J connectivity index is 0.00000529. The molecule has 0 spiro atoms. The highest BCUT2D eigenvalue weighted by Crippen LogP contribution is 2.14. The standard InChI is InChI=1S/C18H37N3O2.HI/c1-4-5-6-8-16(2)21-18(19-3)20-11-7-12-23-15-17-9-13-22-14-10-17;/h16-17H,4-15H2,1-3H3,(H2,19,20,21);1H. The molecule has 0 bridgehead atoms. The Bertz CT molecular complexity index is 311. The first-order chi connectivity index (χ1) is 11.3. The van der Waals surface area contributed by atoms with Crippen LogP contribution >= 0.6 is 24.0 Å². The molecule has 6 heteroatoms. The van der Waals surface area contributed by atoms with E-state index in [1.165, 1.54) is 25.7 Å². The first kappa shape index (κ1) is 23.9. The summed E-state index contributed by atoms with van der Waals surface area (Å²) < 4.78 is 11.1. The number of halogens is 1. The third-order valence-electron chi connectivity index (χ3n) is 4.30. The van der Waals surface area contributed by atoms with E-state index in [1.807, 2.05) is 7.05 Å². The van der Waals surface area contributed by atoms with Gasteiger partial charge < -0.3 is 20.1 Å². The molecule has 0 aromatic carbocycles. The third-order valence-corrected chi connectivity index (χ3v) is 4.30. The molecular weight excluding hydrogens is 417 g/mol. The summed E-state index contributed by atoms with van der Waals surface area (Å²) in [5.74, 6) is 1.59. The van der Waals surface area contributed by atoms with Crippen molar-refractivity contribution in [2.75, 3.05) is 40.0 Å². The van der Waals surface area contributed by atoms with Crippen molar-refractivity contribution < 1.29 is 9.47 Å². The van der Waals surface area contributed by atoms with Gasteiger partial charge in [0.25, 0.3) is 0 Å². The Kier molecular flexibility index (Phi) is 16.3. The van der Waals surface area contributed by atoms with Gasteiger partial charge in [0.05, 0.1) is 0 Å². The van der Waals surface area contributed by atoms with E-state index in [-0.39, 0.29) is 24.0 Å². The van der Waals surface area contributed by atoms with Gasteiger partial charge in [0.2, 0.25) is 0 Å². The van der Waals surface area contributed by atoms with Crippen molar-refractivity contribution >= 4 is 29.9 Å². The predicted octanol–water partition coefficient (Wildman–Crippen LogP) is 3.57. The molecule has 0 radical (unpaired) electrons. The van der Waals surface area contributed by atoms with E-state index < -0.39 is 0 Å². The molecule has 1 heterocycles. The van der Waals surface area contributed by atoms with Gasteiger partial charge >= 0.3 is 0 Å². The topological polar surface area (TPSA) is 54.9 Å². The molecule has 0 aromatic rings. The van der Waals surface area contributed by atoms with E-state index in [0.717, 1.165) is 58.2 Å². The summed E-state index contributed by atoms with van der Waals surface area (Å²) in [5, 5.41) is 6.82. The van der Waals surface area contributed by atoms with Crippen LogP contribution in [-0.4, -0.2) is 52.0 Å². The third kappa shape index (κ3) is 12.3. The van der Waals surface area contributed by atoms with Crippen molar-refractivity contribution in [1.29, 1.82) is 0 Å². The summed E-state index contributed by atoms with van der Waals surface area (Å²) in [6, 6.07) is 0.470. The number of hydrogen-bond acceptors (Lipinski definition) is 3. The fourth-order valence-electron chi connectivity index (χ4n) is 2.74. The molecule has 1 atom stereocenters. The fraction of sp³-hybridized carbons (Fsp3) is 0.944. The van der Waals surface area contributed by atoms with E-state index in [1.54, 1.807) is 0 Å². The lowest BCUT2D eigenvalue weighted by molar-refractivity contribution is 0.0203. The second kappa shape index (κ2) is 16.4. The maximum Gasteiger partial charge on any atom is 0.191 e. The average Bonchev–Trinajstić information content (AvgIpc) is 2.58. The Morgan fingerprint density at radius 3 is 2.67 bits per heavy atom. The highest BCUT2D eigenvalue weighted by atomic mass is 127. The van der Waals surface area contributed by atoms with Gasteiger partial charge in [0.15, 0.2) is 5.96 Å². The molecule has 5 nitrogen and oxygen atoms in total. The smallest absolute Gasteiger partial charge is 0.191 e. The van der Waals surface area contributed by atoms with Crippen LogP contribution in [0.4, 0.5) is 0 Å². The Hall–Kier alpha value is -0.0800. The van der Waals surface area contributed by atoms with Crippen LogP contribution in [0.5, 0.6) is 0 Å². The van der Waals surface area contributed by atoms with Gasteiger partial charge in [0, 0.05) is 46.1 Å². The largest absolute Gasteiger partial charge is 0.381 e. The van der Waals surface area contributed by atoms with Crippen molar-refractivity contribution in [2.45, 2.75) is 64.8 Å². The number of guanidine groups is 1. The monoisotopic (exact) mass is 455 g/mol. The summed E-state index contributed by atoms with van der Waals surface area (Å²) in [4.78, 5) is 4.29. The highest BCUT2D eigenvalue weighted by molar-refractivity contribution is 14.0.